The molecule has 2 aromatic carbocycles. The van der Waals surface area contributed by atoms with Crippen molar-refractivity contribution in [2.24, 2.45) is 0 Å². The second-order valence-corrected chi connectivity index (χ2v) is 9.09. The average Bonchev–Trinajstić information content (AvgIpc) is 2.76. The van der Waals surface area contributed by atoms with Crippen LogP contribution >= 0.6 is 0 Å². The van der Waals surface area contributed by atoms with Gasteiger partial charge in [-0.05, 0) is 48.9 Å². The number of benzene rings is 2. The molecule has 0 aliphatic carbocycles. The molecule has 0 heterocycles. The van der Waals surface area contributed by atoms with Gasteiger partial charge in [0.15, 0.2) is 5.78 Å². The molecule has 4 heteroatoms. The number of ketones is 1. The third kappa shape index (κ3) is 5.31. The van der Waals surface area contributed by atoms with Gasteiger partial charge < -0.3 is 15.6 Å². The van der Waals surface area contributed by atoms with E-state index in [1.165, 1.54) is 6.08 Å². The number of phenols is 1. The van der Waals surface area contributed by atoms with Crippen LogP contribution in [-0.4, -0.2) is 17.5 Å². The first-order valence-electron chi connectivity index (χ1n) is 10.9. The zero-order valence-corrected chi connectivity index (χ0v) is 19.9. The second-order valence-electron chi connectivity index (χ2n) is 9.09. The van der Waals surface area contributed by atoms with Gasteiger partial charge >= 0.3 is 0 Å². The summed E-state index contributed by atoms with van der Waals surface area (Å²) in [5.74, 6) is 0.570. The minimum atomic E-state index is -0.566. The summed E-state index contributed by atoms with van der Waals surface area (Å²) < 4.78 is 6.13. The first-order chi connectivity index (χ1) is 15.0. The molecule has 0 aromatic heterocycles. The Hall–Kier alpha value is -3.27. The van der Waals surface area contributed by atoms with Crippen molar-refractivity contribution < 1.29 is 14.6 Å². The zero-order valence-electron chi connectivity index (χ0n) is 19.9. The minimum Gasteiger partial charge on any atom is -0.507 e. The molecule has 2 aromatic rings. The van der Waals surface area contributed by atoms with E-state index in [2.05, 4.69) is 13.2 Å². The van der Waals surface area contributed by atoms with Crippen molar-refractivity contribution in [3.63, 3.8) is 0 Å². The van der Waals surface area contributed by atoms with Gasteiger partial charge in [0.05, 0.1) is 6.61 Å². The molecule has 0 aliphatic rings. The summed E-state index contributed by atoms with van der Waals surface area (Å²) in [6.07, 6.45) is 7.66. The van der Waals surface area contributed by atoms with Crippen molar-refractivity contribution in [1.29, 1.82) is 0 Å². The molecule has 0 fully saturated rings. The van der Waals surface area contributed by atoms with E-state index in [4.69, 9.17) is 10.5 Å². The number of carbonyl (C=O) groups excluding carboxylic acids is 1. The highest BCUT2D eigenvalue weighted by Gasteiger charge is 2.32. The van der Waals surface area contributed by atoms with E-state index in [-0.39, 0.29) is 11.5 Å². The van der Waals surface area contributed by atoms with Gasteiger partial charge in [0.2, 0.25) is 0 Å². The molecule has 0 amide bonds. The van der Waals surface area contributed by atoms with Crippen LogP contribution in [0.5, 0.6) is 11.5 Å². The summed E-state index contributed by atoms with van der Waals surface area (Å²) in [5.41, 5.74) is 7.89. The maximum absolute atomic E-state index is 12.7. The fourth-order valence-electron chi connectivity index (χ4n) is 3.37. The number of rotatable bonds is 10. The van der Waals surface area contributed by atoms with Gasteiger partial charge in [0.25, 0.3) is 0 Å². The lowest BCUT2D eigenvalue weighted by Crippen LogP contribution is -2.21. The number of allylic oxidation sites excluding steroid dienone is 3. The topological polar surface area (TPSA) is 72.6 Å². The van der Waals surface area contributed by atoms with Crippen LogP contribution in [0.1, 0.15) is 68.1 Å². The molecular formula is C28H35NO3. The number of hydrogen-bond acceptors (Lipinski definition) is 4. The van der Waals surface area contributed by atoms with Crippen LogP contribution < -0.4 is 10.5 Å². The summed E-state index contributed by atoms with van der Waals surface area (Å²) in [7, 11) is 0. The predicted molar refractivity (Wildman–Crippen MR) is 135 cm³/mol. The monoisotopic (exact) mass is 433 g/mol. The molecule has 0 radical (unpaired) electrons. The Balaban J connectivity index is 2.75. The van der Waals surface area contributed by atoms with E-state index in [1.807, 2.05) is 40.7 Å². The third-order valence-electron chi connectivity index (χ3n) is 5.70. The fourth-order valence-corrected chi connectivity index (χ4v) is 3.37. The lowest BCUT2D eigenvalue weighted by atomic mass is 9.76. The van der Waals surface area contributed by atoms with Crippen molar-refractivity contribution in [2.75, 3.05) is 12.3 Å². The highest BCUT2D eigenvalue weighted by atomic mass is 16.5. The Morgan fingerprint density at radius 3 is 2.22 bits per heavy atom. The van der Waals surface area contributed by atoms with Gasteiger partial charge in [-0.15, -0.1) is 13.2 Å². The summed E-state index contributed by atoms with van der Waals surface area (Å²) in [5, 5.41) is 11.3. The Kier molecular flexibility index (Phi) is 7.73. The maximum Gasteiger partial charge on any atom is 0.185 e. The Labute approximate surface area is 192 Å². The number of nitrogen functional groups attached to an aromatic ring is 1. The molecular weight excluding hydrogens is 398 g/mol. The first-order valence-corrected chi connectivity index (χ1v) is 10.9. The van der Waals surface area contributed by atoms with Gasteiger partial charge in [-0.1, -0.05) is 46.8 Å². The van der Waals surface area contributed by atoms with Crippen molar-refractivity contribution in [3.05, 3.63) is 84.0 Å². The molecule has 170 valence electrons. The van der Waals surface area contributed by atoms with Gasteiger partial charge in [-0.2, -0.15) is 0 Å². The maximum atomic E-state index is 12.7. The van der Waals surface area contributed by atoms with E-state index in [9.17, 15) is 9.90 Å². The number of aromatic hydroxyl groups is 1. The number of anilines is 1. The summed E-state index contributed by atoms with van der Waals surface area (Å²) in [6.45, 7) is 18.3. The largest absolute Gasteiger partial charge is 0.507 e. The summed E-state index contributed by atoms with van der Waals surface area (Å²) in [6, 6.07) is 8.68. The molecule has 0 saturated heterocycles. The van der Waals surface area contributed by atoms with E-state index in [0.29, 0.717) is 34.7 Å². The van der Waals surface area contributed by atoms with E-state index in [0.717, 1.165) is 12.0 Å². The quantitative estimate of drug-likeness (QED) is 0.192. The van der Waals surface area contributed by atoms with Crippen LogP contribution in [0.25, 0.3) is 6.08 Å². The second kappa shape index (κ2) is 9.90. The van der Waals surface area contributed by atoms with Crippen LogP contribution in [-0.2, 0) is 10.8 Å². The lowest BCUT2D eigenvalue weighted by Gasteiger charge is -2.31. The summed E-state index contributed by atoms with van der Waals surface area (Å²) in [4.78, 5) is 12.7. The van der Waals surface area contributed by atoms with E-state index >= 15 is 0 Å². The number of nitrogens with two attached hydrogens (primary N) is 1. The number of hydrogen-bond donors (Lipinski definition) is 2. The van der Waals surface area contributed by atoms with Gasteiger partial charge in [-0.25, -0.2) is 0 Å². The van der Waals surface area contributed by atoms with E-state index < -0.39 is 10.8 Å². The minimum absolute atomic E-state index is 0.145. The SMILES string of the molecule is C=CC(C)(C)c1cc(C=CC(=O)c2ccc(N)cc2)c(OCCC)c(C(C)(C)C=C)c1O. The lowest BCUT2D eigenvalue weighted by molar-refractivity contribution is 0.104. The van der Waals surface area contributed by atoms with Crippen molar-refractivity contribution >= 4 is 17.5 Å². The van der Waals surface area contributed by atoms with E-state index in [1.54, 1.807) is 42.5 Å². The Morgan fingerprint density at radius 2 is 1.69 bits per heavy atom. The van der Waals surface area contributed by atoms with Gasteiger partial charge in [-0.3, -0.25) is 4.79 Å². The molecule has 3 N–H and O–H groups in total. The van der Waals surface area contributed by atoms with Crippen molar-refractivity contribution in [1.82, 2.24) is 0 Å². The van der Waals surface area contributed by atoms with Gasteiger partial charge in [0, 0.05) is 38.8 Å². The zero-order chi connectivity index (χ0) is 24.1. The molecule has 2 rings (SSSR count). The Morgan fingerprint density at radius 1 is 1.09 bits per heavy atom. The molecule has 0 aliphatic heterocycles. The van der Waals surface area contributed by atoms with Crippen LogP contribution in [0, 0.1) is 0 Å². The first kappa shape index (κ1) is 25.0. The normalized spacial score (nSPS) is 12.0. The molecule has 0 atom stereocenters. The highest BCUT2D eigenvalue weighted by molar-refractivity contribution is 6.07. The highest BCUT2D eigenvalue weighted by Crippen LogP contribution is 2.47. The average molecular weight is 434 g/mol. The number of carbonyl (C=O) groups is 1. The van der Waals surface area contributed by atoms with Gasteiger partial charge in [0.1, 0.15) is 11.5 Å². The van der Waals surface area contributed by atoms with Crippen molar-refractivity contribution in [2.45, 2.75) is 51.9 Å². The molecule has 32 heavy (non-hydrogen) atoms. The Bertz CT molecular complexity index is 1030. The summed E-state index contributed by atoms with van der Waals surface area (Å²) >= 11 is 0. The third-order valence-corrected chi connectivity index (χ3v) is 5.70. The van der Waals surface area contributed by atoms with Crippen LogP contribution in [0.4, 0.5) is 5.69 Å². The van der Waals surface area contributed by atoms with Crippen molar-refractivity contribution in [3.8, 4) is 11.5 Å². The predicted octanol–water partition coefficient (Wildman–Crippen LogP) is 6.59. The molecule has 0 unspecified atom stereocenters. The smallest absolute Gasteiger partial charge is 0.185 e. The number of ether oxygens (including phenoxy) is 1. The van der Waals surface area contributed by atoms with Crippen LogP contribution in [0.3, 0.4) is 0 Å². The molecule has 0 bridgehead atoms. The molecule has 0 spiro atoms. The fraction of sp³-hybridized carbons (Fsp3) is 0.321. The van der Waals surface area contributed by atoms with Crippen LogP contribution in [0.15, 0.2) is 61.7 Å². The molecule has 0 saturated carbocycles. The molecule has 4 nitrogen and oxygen atoms in total. The number of phenolic OH excluding ortho intramolecular Hbond substituents is 1. The van der Waals surface area contributed by atoms with Crippen LogP contribution in [0.2, 0.25) is 0 Å². The standard InChI is InChI=1S/C28H35NO3/c1-8-17-32-26-20(13-16-23(30)19-11-14-21(29)15-12-19)18-22(27(4,5)9-2)25(31)24(26)28(6,7)10-3/h9-16,18,31H,2-3,8,17,29H2,1,4-7H3.